The molecule has 0 aromatic carbocycles. The molecule has 20 heavy (non-hydrogen) atoms. The zero-order valence-electron chi connectivity index (χ0n) is 12.4. The summed E-state index contributed by atoms with van der Waals surface area (Å²) in [7, 11) is 2.00. The standard InChI is InChI=1S/C14H21BrN4S/c1-5-16-11(7-13-17-9(2)8-20-13)6-12-14(15)10(3)18-19(12)4/h8,11,16H,5-7H2,1-4H3. The topological polar surface area (TPSA) is 42.7 Å². The number of hydrogen-bond acceptors (Lipinski definition) is 4. The van der Waals surface area contributed by atoms with Crippen LogP contribution in [0, 0.1) is 13.8 Å². The summed E-state index contributed by atoms with van der Waals surface area (Å²) in [6, 6.07) is 0.386. The van der Waals surface area contributed by atoms with Crippen molar-refractivity contribution in [3.05, 3.63) is 31.9 Å². The number of likely N-dealkylation sites (N-methyl/N-ethyl adjacent to an activating group) is 1. The maximum atomic E-state index is 4.57. The predicted octanol–water partition coefficient (Wildman–Crippen LogP) is 3.02. The second-order valence-electron chi connectivity index (χ2n) is 5.02. The van der Waals surface area contributed by atoms with Gasteiger partial charge in [0.15, 0.2) is 0 Å². The summed E-state index contributed by atoms with van der Waals surface area (Å²) in [5.74, 6) is 0. The van der Waals surface area contributed by atoms with Crippen molar-refractivity contribution in [3.63, 3.8) is 0 Å². The van der Waals surface area contributed by atoms with E-state index < -0.39 is 0 Å². The maximum Gasteiger partial charge on any atom is 0.0943 e. The molecule has 0 saturated carbocycles. The molecule has 0 aliphatic heterocycles. The van der Waals surface area contributed by atoms with Crippen LogP contribution in [0.2, 0.25) is 0 Å². The lowest BCUT2D eigenvalue weighted by Crippen LogP contribution is -2.33. The molecule has 4 nitrogen and oxygen atoms in total. The second-order valence-corrected chi connectivity index (χ2v) is 6.75. The monoisotopic (exact) mass is 356 g/mol. The van der Waals surface area contributed by atoms with Crippen LogP contribution in [0.15, 0.2) is 9.85 Å². The number of aromatic nitrogens is 3. The van der Waals surface area contributed by atoms with Crippen LogP contribution in [-0.2, 0) is 19.9 Å². The van der Waals surface area contributed by atoms with Gasteiger partial charge in [-0.2, -0.15) is 5.10 Å². The fraction of sp³-hybridized carbons (Fsp3) is 0.571. The van der Waals surface area contributed by atoms with Crippen LogP contribution >= 0.6 is 27.3 Å². The first-order chi connectivity index (χ1) is 9.51. The molecule has 2 aromatic heterocycles. The van der Waals surface area contributed by atoms with Gasteiger partial charge < -0.3 is 5.32 Å². The van der Waals surface area contributed by atoms with Crippen LogP contribution in [0.25, 0.3) is 0 Å². The Hall–Kier alpha value is -0.720. The van der Waals surface area contributed by atoms with Crippen molar-refractivity contribution < 1.29 is 0 Å². The average Bonchev–Trinajstić information content (AvgIpc) is 2.89. The summed E-state index contributed by atoms with van der Waals surface area (Å²) in [5.41, 5.74) is 3.39. The highest BCUT2D eigenvalue weighted by molar-refractivity contribution is 9.10. The summed E-state index contributed by atoms with van der Waals surface area (Å²) >= 11 is 5.39. The Balaban J connectivity index is 2.12. The van der Waals surface area contributed by atoms with Crippen molar-refractivity contribution in [2.24, 2.45) is 7.05 Å². The lowest BCUT2D eigenvalue weighted by molar-refractivity contribution is 0.503. The van der Waals surface area contributed by atoms with Crippen LogP contribution in [-0.4, -0.2) is 27.4 Å². The van der Waals surface area contributed by atoms with Gasteiger partial charge in [0, 0.05) is 37.0 Å². The Morgan fingerprint density at radius 2 is 2.15 bits per heavy atom. The largest absolute Gasteiger partial charge is 0.313 e. The Morgan fingerprint density at radius 1 is 1.40 bits per heavy atom. The normalized spacial score (nSPS) is 12.8. The maximum absolute atomic E-state index is 4.57. The molecule has 0 spiro atoms. The molecule has 110 valence electrons. The molecular weight excluding hydrogens is 336 g/mol. The highest BCUT2D eigenvalue weighted by Crippen LogP contribution is 2.22. The summed E-state index contributed by atoms with van der Waals surface area (Å²) in [5, 5.41) is 11.3. The van der Waals surface area contributed by atoms with Gasteiger partial charge in [-0.05, 0) is 36.3 Å². The summed E-state index contributed by atoms with van der Waals surface area (Å²) in [6.07, 6.45) is 1.91. The average molecular weight is 357 g/mol. The molecule has 0 aliphatic rings. The minimum atomic E-state index is 0.386. The number of nitrogens with zero attached hydrogens (tertiary/aromatic N) is 3. The summed E-state index contributed by atoms with van der Waals surface area (Å²) < 4.78 is 3.09. The summed E-state index contributed by atoms with van der Waals surface area (Å²) in [4.78, 5) is 4.57. The van der Waals surface area contributed by atoms with Gasteiger partial charge in [-0.3, -0.25) is 4.68 Å². The van der Waals surface area contributed by atoms with Crippen molar-refractivity contribution >= 4 is 27.3 Å². The highest BCUT2D eigenvalue weighted by atomic mass is 79.9. The molecule has 0 saturated heterocycles. The smallest absolute Gasteiger partial charge is 0.0943 e. The van der Waals surface area contributed by atoms with E-state index in [0.717, 1.165) is 35.2 Å². The zero-order valence-corrected chi connectivity index (χ0v) is 14.8. The number of rotatable bonds is 6. The summed E-state index contributed by atoms with van der Waals surface area (Å²) in [6.45, 7) is 7.18. The van der Waals surface area contributed by atoms with Crippen LogP contribution in [0.1, 0.15) is 29.0 Å². The minimum Gasteiger partial charge on any atom is -0.313 e. The molecule has 1 unspecified atom stereocenters. The van der Waals surface area contributed by atoms with E-state index in [1.54, 1.807) is 11.3 Å². The van der Waals surface area contributed by atoms with Gasteiger partial charge in [0.2, 0.25) is 0 Å². The molecule has 2 aromatic rings. The molecule has 0 radical (unpaired) electrons. The first-order valence-electron chi connectivity index (χ1n) is 6.83. The third-order valence-corrected chi connectivity index (χ3v) is 5.30. The molecule has 2 rings (SSSR count). The number of hydrogen-bond donors (Lipinski definition) is 1. The Bertz CT molecular complexity index is 576. The second kappa shape index (κ2) is 6.83. The molecule has 0 aliphatic carbocycles. The SMILES string of the molecule is CCNC(Cc1nc(C)cs1)Cc1c(Br)c(C)nn1C. The third kappa shape index (κ3) is 3.68. The van der Waals surface area contributed by atoms with Crippen molar-refractivity contribution in [1.82, 2.24) is 20.1 Å². The van der Waals surface area contributed by atoms with Gasteiger partial charge in [-0.1, -0.05) is 6.92 Å². The van der Waals surface area contributed by atoms with E-state index in [1.165, 1.54) is 10.7 Å². The Morgan fingerprint density at radius 3 is 2.65 bits per heavy atom. The van der Waals surface area contributed by atoms with Gasteiger partial charge in [-0.25, -0.2) is 4.98 Å². The predicted molar refractivity (Wildman–Crippen MR) is 87.4 cm³/mol. The van der Waals surface area contributed by atoms with Crippen LogP contribution in [0.5, 0.6) is 0 Å². The quantitative estimate of drug-likeness (QED) is 0.864. The van der Waals surface area contributed by atoms with Crippen LogP contribution < -0.4 is 5.32 Å². The Kier molecular flexibility index (Phi) is 5.35. The van der Waals surface area contributed by atoms with Crippen molar-refractivity contribution in [2.45, 2.75) is 39.7 Å². The van der Waals surface area contributed by atoms with Gasteiger partial charge in [0.1, 0.15) is 0 Å². The molecule has 1 N–H and O–H groups in total. The first kappa shape index (κ1) is 15.7. The fourth-order valence-corrected chi connectivity index (χ4v) is 3.70. The lowest BCUT2D eigenvalue weighted by Gasteiger charge is -2.17. The zero-order chi connectivity index (χ0) is 14.7. The Labute approximate surface area is 132 Å². The molecule has 0 bridgehead atoms. The van der Waals surface area contributed by atoms with Gasteiger partial charge in [0.05, 0.1) is 20.9 Å². The van der Waals surface area contributed by atoms with Crippen LogP contribution in [0.3, 0.4) is 0 Å². The van der Waals surface area contributed by atoms with Crippen molar-refractivity contribution in [2.75, 3.05) is 6.54 Å². The molecule has 2 heterocycles. The van der Waals surface area contributed by atoms with E-state index in [1.807, 2.05) is 25.6 Å². The van der Waals surface area contributed by atoms with Crippen molar-refractivity contribution in [1.29, 1.82) is 0 Å². The van der Waals surface area contributed by atoms with E-state index >= 15 is 0 Å². The van der Waals surface area contributed by atoms with E-state index in [2.05, 4.69) is 43.6 Å². The van der Waals surface area contributed by atoms with Crippen LogP contribution in [0.4, 0.5) is 0 Å². The molecule has 0 fully saturated rings. The molecule has 6 heteroatoms. The first-order valence-corrected chi connectivity index (χ1v) is 8.50. The van der Waals surface area contributed by atoms with E-state index in [4.69, 9.17) is 0 Å². The van der Waals surface area contributed by atoms with E-state index in [0.29, 0.717) is 6.04 Å². The number of aryl methyl sites for hydroxylation is 3. The van der Waals surface area contributed by atoms with Gasteiger partial charge in [0.25, 0.3) is 0 Å². The molecule has 1 atom stereocenters. The highest BCUT2D eigenvalue weighted by Gasteiger charge is 2.17. The fourth-order valence-electron chi connectivity index (χ4n) is 2.35. The van der Waals surface area contributed by atoms with Gasteiger partial charge in [-0.15, -0.1) is 11.3 Å². The van der Waals surface area contributed by atoms with Crippen molar-refractivity contribution in [3.8, 4) is 0 Å². The minimum absolute atomic E-state index is 0.386. The number of thiazole rings is 1. The van der Waals surface area contributed by atoms with Gasteiger partial charge >= 0.3 is 0 Å². The number of nitrogens with one attached hydrogen (secondary N) is 1. The third-order valence-electron chi connectivity index (χ3n) is 3.28. The van der Waals surface area contributed by atoms with E-state index in [9.17, 15) is 0 Å². The molecule has 0 amide bonds. The van der Waals surface area contributed by atoms with E-state index in [-0.39, 0.29) is 0 Å². The molecular formula is C14H21BrN4S. The number of halogens is 1. The lowest BCUT2D eigenvalue weighted by atomic mass is 10.1.